The van der Waals surface area contributed by atoms with Gasteiger partial charge in [0.05, 0.1) is 26.4 Å². The van der Waals surface area contributed by atoms with E-state index >= 15 is 0 Å². The van der Waals surface area contributed by atoms with Crippen molar-refractivity contribution in [1.82, 2.24) is 0 Å². The molecule has 0 bridgehead atoms. The third-order valence-electron chi connectivity index (χ3n) is 21.4. The van der Waals surface area contributed by atoms with E-state index < -0.39 is 30.4 Å². The quantitative estimate of drug-likeness (QED) is 0.0231. The van der Waals surface area contributed by atoms with Gasteiger partial charge in [0.1, 0.15) is 0 Å². The Hall–Kier alpha value is -1.83. The first-order valence-electron chi connectivity index (χ1n) is 44.3. The monoisotopic (exact) mass is 1680 g/mol. The zero-order valence-electron chi connectivity index (χ0n) is 71.4. The largest absolute Gasteiger partial charge is 4.00 e. The van der Waals surface area contributed by atoms with Crippen molar-refractivity contribution in [2.75, 3.05) is 26.4 Å². The Bertz CT molecular complexity index is 2510. The van der Waals surface area contributed by atoms with Crippen LogP contribution in [-0.4, -0.2) is 26.4 Å². The van der Waals surface area contributed by atoms with Crippen LogP contribution in [0.2, 0.25) is 0 Å². The SMILES string of the molecule is CCCCCCCCCc1ccc(P(=O)([O-])OCC(CC)CCCC)cc1.CCCCCCCCCc1ccc(P(=O)([O-])OCC(CC)CCCC)cc1.CCCCCCCCCc1ccc(P(=O)([O-])OCC(CC)CCCC)cc1.CCCCCCCCCc1ccc(P(=O)([O-])OCC(CC)CCCC)cc1.[Mo+4]. The molecule has 0 aliphatic rings. The molecule has 0 N–H and O–H groups in total. The Balaban J connectivity index is 0.00000142. The molecule has 8 atom stereocenters. The Labute approximate surface area is 684 Å². The van der Waals surface area contributed by atoms with Crippen molar-refractivity contribution in [3.05, 3.63) is 119 Å². The molecule has 0 saturated heterocycles. The molecule has 0 heterocycles. The Kier molecular flexibility index (Phi) is 68.1. The van der Waals surface area contributed by atoms with Crippen LogP contribution in [0.1, 0.15) is 388 Å². The summed E-state index contributed by atoms with van der Waals surface area (Å²) in [5, 5.41) is 1.21. The number of aryl methyl sites for hydroxylation is 4. The topological polar surface area (TPSA) is 197 Å². The second kappa shape index (κ2) is 69.3. The zero-order chi connectivity index (χ0) is 79.8. The number of unbranched alkanes of at least 4 members (excludes halogenated alkanes) is 28. The maximum absolute atomic E-state index is 12.4. The van der Waals surface area contributed by atoms with Gasteiger partial charge >= 0.3 is 21.1 Å². The molecule has 4 aromatic carbocycles. The molecule has 0 aliphatic carbocycles. The van der Waals surface area contributed by atoms with Gasteiger partial charge < -0.3 is 55.9 Å². The Morgan fingerprint density at radius 1 is 0.229 bits per heavy atom. The van der Waals surface area contributed by atoms with Gasteiger partial charge in [-0.2, -0.15) is 0 Å². The van der Waals surface area contributed by atoms with Gasteiger partial charge in [0.2, 0.25) is 0 Å². The van der Waals surface area contributed by atoms with E-state index in [2.05, 4.69) is 83.1 Å². The first-order chi connectivity index (χ1) is 52.1. The minimum Gasteiger partial charge on any atom is -0.775 e. The van der Waals surface area contributed by atoms with Crippen LogP contribution >= 0.6 is 30.4 Å². The molecular weight excluding hydrogens is 1520 g/mol. The second-order valence-corrected chi connectivity index (χ2v) is 38.1. The van der Waals surface area contributed by atoms with Crippen LogP contribution in [0, 0.1) is 23.7 Å². The summed E-state index contributed by atoms with van der Waals surface area (Å²) < 4.78 is 71.1. The summed E-state index contributed by atoms with van der Waals surface area (Å²) in [7, 11) is -15.8. The average Bonchev–Trinajstić information content (AvgIpc) is 0.862. The van der Waals surface area contributed by atoms with E-state index in [1.165, 1.54) is 202 Å². The fourth-order valence-corrected chi connectivity index (χ4v) is 17.5. The van der Waals surface area contributed by atoms with Crippen LogP contribution in [0.15, 0.2) is 97.1 Å². The van der Waals surface area contributed by atoms with E-state index in [-0.39, 0.29) is 21.1 Å². The summed E-state index contributed by atoms with van der Waals surface area (Å²) in [5.74, 6) is 1.29. The number of hydrogen-bond acceptors (Lipinski definition) is 12. The average molecular weight is 1680 g/mol. The minimum absolute atomic E-state index is 0. The molecule has 12 nitrogen and oxygen atoms in total. The van der Waals surface area contributed by atoms with Gasteiger partial charge in [-0.1, -0.05) is 411 Å². The van der Waals surface area contributed by atoms with E-state index in [1.54, 1.807) is 48.5 Å². The second-order valence-electron chi connectivity index (χ2n) is 31.0. The van der Waals surface area contributed by atoms with Crippen molar-refractivity contribution in [3.63, 3.8) is 0 Å². The molecule has 626 valence electrons. The summed E-state index contributed by atoms with van der Waals surface area (Å²) in [6.07, 6.45) is 57.2. The zero-order valence-corrected chi connectivity index (χ0v) is 77.0. The van der Waals surface area contributed by atoms with Crippen molar-refractivity contribution < 1.29 is 77.0 Å². The summed E-state index contributed by atoms with van der Waals surface area (Å²) in [4.78, 5) is 49.7. The fraction of sp³-hybridized carbons (Fsp3) is 0.739. The molecule has 109 heavy (non-hydrogen) atoms. The number of benzene rings is 4. The normalized spacial score (nSPS) is 14.7. The molecule has 8 unspecified atom stereocenters. The summed E-state index contributed by atoms with van der Waals surface area (Å²) >= 11 is 0. The number of hydrogen-bond donors (Lipinski definition) is 0. The molecule has 0 aromatic heterocycles. The van der Waals surface area contributed by atoms with Gasteiger partial charge in [-0.05, 0) is 123 Å². The van der Waals surface area contributed by atoms with Gasteiger partial charge in [-0.25, -0.2) is 0 Å². The molecule has 4 rings (SSSR count). The summed E-state index contributed by atoms with van der Waals surface area (Å²) in [6, 6.07) is 29.2. The predicted molar refractivity (Wildman–Crippen MR) is 459 cm³/mol. The van der Waals surface area contributed by atoms with Gasteiger partial charge in [0.15, 0.2) is 30.4 Å². The van der Waals surface area contributed by atoms with Crippen molar-refractivity contribution in [2.24, 2.45) is 23.7 Å². The molecule has 0 spiro atoms. The standard InChI is InChI=1S/4C23H41O3P.Mo/c4*1-4-7-9-10-11-12-13-15-22-16-18-23(19-17-22)27(24,25)26-20-21(6-3)14-8-5-2;/h4*16-19,21H,4-15,20H2,1-3H3,(H,24,25);/q;;;;+4/p-4. The Morgan fingerprint density at radius 2 is 0.376 bits per heavy atom. The van der Waals surface area contributed by atoms with Crippen LogP contribution in [-0.2, 0) is 83.1 Å². The van der Waals surface area contributed by atoms with E-state index in [1.807, 2.05) is 48.5 Å². The third kappa shape index (κ3) is 53.9. The molecule has 0 fully saturated rings. The maximum Gasteiger partial charge on any atom is 4.00 e. The first-order valence-corrected chi connectivity index (χ1v) is 50.5. The maximum atomic E-state index is 12.4. The molecule has 0 amide bonds. The van der Waals surface area contributed by atoms with Crippen LogP contribution in [0.3, 0.4) is 0 Å². The van der Waals surface area contributed by atoms with Crippen LogP contribution < -0.4 is 40.8 Å². The third-order valence-corrected chi connectivity index (χ3v) is 27.1. The molecule has 0 aliphatic heterocycles. The van der Waals surface area contributed by atoms with Crippen LogP contribution in [0.4, 0.5) is 0 Å². The van der Waals surface area contributed by atoms with E-state index in [0.29, 0.717) is 71.3 Å². The van der Waals surface area contributed by atoms with Crippen LogP contribution in [0.5, 0.6) is 0 Å². The smallest absolute Gasteiger partial charge is 0.775 e. The van der Waals surface area contributed by atoms with Crippen molar-refractivity contribution >= 4 is 51.6 Å². The van der Waals surface area contributed by atoms with Gasteiger partial charge in [0, 0.05) is 21.2 Å². The van der Waals surface area contributed by atoms with Gasteiger partial charge in [-0.15, -0.1) is 0 Å². The van der Waals surface area contributed by atoms with Crippen LogP contribution in [0.25, 0.3) is 0 Å². The summed E-state index contributed by atoms with van der Waals surface area (Å²) in [5.41, 5.74) is 4.84. The Morgan fingerprint density at radius 3 is 0.523 bits per heavy atom. The molecular formula is C92H160MoO12P4. The van der Waals surface area contributed by atoms with E-state index in [4.69, 9.17) is 18.1 Å². The minimum atomic E-state index is -3.96. The van der Waals surface area contributed by atoms with Crippen molar-refractivity contribution in [1.29, 1.82) is 0 Å². The number of rotatable bonds is 64. The molecule has 4 aromatic rings. The first kappa shape index (κ1) is 107. The molecule has 17 heteroatoms. The van der Waals surface area contributed by atoms with Crippen molar-refractivity contribution in [2.45, 2.75) is 391 Å². The molecule has 0 saturated carbocycles. The van der Waals surface area contributed by atoms with E-state index in [0.717, 1.165) is 128 Å². The van der Waals surface area contributed by atoms with Crippen molar-refractivity contribution in [3.8, 4) is 0 Å². The van der Waals surface area contributed by atoms with E-state index in [9.17, 15) is 37.8 Å². The fourth-order valence-electron chi connectivity index (χ4n) is 13.2. The predicted octanol–water partition coefficient (Wildman–Crippen LogP) is 25.6. The molecule has 0 radical (unpaired) electrons. The summed E-state index contributed by atoms with van der Waals surface area (Å²) in [6.45, 7) is 27.2. The van der Waals surface area contributed by atoms with Gasteiger partial charge in [-0.3, -0.25) is 0 Å². The van der Waals surface area contributed by atoms with Gasteiger partial charge in [0.25, 0.3) is 0 Å².